The molecule has 66 valence electrons. The van der Waals surface area contributed by atoms with Crippen LogP contribution in [0.5, 0.6) is 0 Å². The summed E-state index contributed by atoms with van der Waals surface area (Å²) in [5.41, 5.74) is 5.76. The molecule has 0 rings (SSSR count). The van der Waals surface area contributed by atoms with E-state index in [0.29, 0.717) is 0 Å². The molecule has 0 atom stereocenters. The van der Waals surface area contributed by atoms with Gasteiger partial charge in [-0.3, -0.25) is 0 Å². The maximum absolute atomic E-state index is 3.19. The van der Waals surface area contributed by atoms with E-state index < -0.39 is 0 Å². The summed E-state index contributed by atoms with van der Waals surface area (Å²) < 4.78 is 0. The van der Waals surface area contributed by atoms with Crippen molar-refractivity contribution < 1.29 is 0 Å². The van der Waals surface area contributed by atoms with Crippen LogP contribution in [0, 0.1) is 0 Å². The van der Waals surface area contributed by atoms with Gasteiger partial charge < -0.3 is 0 Å². The van der Waals surface area contributed by atoms with Gasteiger partial charge in [0.2, 0.25) is 0 Å². The molecule has 0 radical (unpaired) electrons. The van der Waals surface area contributed by atoms with Crippen LogP contribution in [0.2, 0.25) is 0 Å². The Bertz CT molecular complexity index is 233. The van der Waals surface area contributed by atoms with E-state index in [1.54, 1.807) is 0 Å². The summed E-state index contributed by atoms with van der Waals surface area (Å²) in [7, 11) is 0. The smallest absolute Gasteiger partial charge is 0.0200 e. The van der Waals surface area contributed by atoms with Crippen LogP contribution in [-0.4, -0.2) is 0 Å². The molecule has 12 heavy (non-hydrogen) atoms. The van der Waals surface area contributed by atoms with Crippen molar-refractivity contribution in [1.82, 2.24) is 0 Å². The maximum Gasteiger partial charge on any atom is -0.0200 e. The largest absolute Gasteiger partial charge is 0.122 e. The summed E-state index contributed by atoms with van der Waals surface area (Å²) in [4.78, 5) is 0. The van der Waals surface area contributed by atoms with E-state index in [4.69, 9.17) is 0 Å². The monoisotopic (exact) mass is 162 g/mol. The first kappa shape index (κ1) is 11.0. The first-order valence-electron chi connectivity index (χ1n) is 4.42. The number of allylic oxidation sites excluding steroid dienone is 5. The van der Waals surface area contributed by atoms with E-state index in [-0.39, 0.29) is 0 Å². The molecule has 0 heterocycles. The van der Waals surface area contributed by atoms with Gasteiger partial charge >= 0.3 is 0 Å². The quantitative estimate of drug-likeness (QED) is 0.434. The molecule has 0 aliphatic carbocycles. The predicted octanol–water partition coefficient (Wildman–Crippen LogP) is 4.02. The molecule has 0 amide bonds. The number of rotatable bonds is 3. The summed E-state index contributed by atoms with van der Waals surface area (Å²) in [5.74, 6) is 0. The van der Waals surface area contributed by atoms with Gasteiger partial charge in [-0.1, -0.05) is 30.7 Å². The standard InChI is InChI=1S/C12H18/c1-5-11(3)9-7-8-10-12(4)6-2/h5,7-9H,6H2,1-4H3/b9-7-,11-5+. The van der Waals surface area contributed by atoms with Crippen molar-refractivity contribution in [2.45, 2.75) is 34.1 Å². The molecule has 0 N–H and O–H groups in total. The average molecular weight is 162 g/mol. The zero-order chi connectivity index (χ0) is 9.40. The first-order valence-corrected chi connectivity index (χ1v) is 4.42. The average Bonchev–Trinajstić information content (AvgIpc) is 2.11. The number of hydrogen-bond acceptors (Lipinski definition) is 0. The molecule has 0 bridgehead atoms. The summed E-state index contributed by atoms with van der Waals surface area (Å²) in [6.07, 6.45) is 9.23. The second-order valence-corrected chi connectivity index (χ2v) is 2.84. The molecular formula is C12H18. The van der Waals surface area contributed by atoms with E-state index in [2.05, 4.69) is 38.7 Å². The third-order valence-corrected chi connectivity index (χ3v) is 1.77. The Balaban J connectivity index is 4.15. The third kappa shape index (κ3) is 5.76. The van der Waals surface area contributed by atoms with Crippen molar-refractivity contribution in [1.29, 1.82) is 0 Å². The van der Waals surface area contributed by atoms with Crippen molar-refractivity contribution in [2.75, 3.05) is 0 Å². The molecule has 0 aromatic rings. The van der Waals surface area contributed by atoms with E-state index >= 15 is 0 Å². The van der Waals surface area contributed by atoms with Crippen LogP contribution in [0.3, 0.4) is 0 Å². The van der Waals surface area contributed by atoms with Crippen LogP contribution < -0.4 is 0 Å². The predicted molar refractivity (Wildman–Crippen MR) is 56.1 cm³/mol. The highest BCUT2D eigenvalue weighted by atomic mass is 13.8. The lowest BCUT2D eigenvalue weighted by molar-refractivity contribution is 1.10. The Morgan fingerprint density at radius 2 is 2.00 bits per heavy atom. The Morgan fingerprint density at radius 3 is 2.50 bits per heavy atom. The van der Waals surface area contributed by atoms with Gasteiger partial charge in [0.1, 0.15) is 0 Å². The highest BCUT2D eigenvalue weighted by Gasteiger charge is 1.76. The Kier molecular flexibility index (Phi) is 6.14. The van der Waals surface area contributed by atoms with Crippen LogP contribution in [0.15, 0.2) is 41.2 Å². The topological polar surface area (TPSA) is 0 Å². The van der Waals surface area contributed by atoms with Crippen molar-refractivity contribution in [2.24, 2.45) is 0 Å². The molecule has 0 spiro atoms. The molecule has 0 nitrogen and oxygen atoms in total. The van der Waals surface area contributed by atoms with Gasteiger partial charge in [-0.15, -0.1) is 5.73 Å². The molecule has 0 unspecified atom stereocenters. The minimum atomic E-state index is 1.08. The third-order valence-electron chi connectivity index (χ3n) is 1.77. The molecule has 0 fully saturated rings. The van der Waals surface area contributed by atoms with Gasteiger partial charge in [0.25, 0.3) is 0 Å². The van der Waals surface area contributed by atoms with E-state index in [1.807, 2.05) is 19.1 Å². The molecule has 0 aliphatic rings. The highest BCUT2D eigenvalue weighted by molar-refractivity contribution is 5.19. The molecule has 0 saturated heterocycles. The van der Waals surface area contributed by atoms with Crippen molar-refractivity contribution in [3.63, 3.8) is 0 Å². The SMILES string of the molecule is C/C=C(C)/C=C\C=C=C(C)CC. The molecule has 0 saturated carbocycles. The minimum Gasteiger partial charge on any atom is -0.122 e. The molecule has 0 aromatic carbocycles. The summed E-state index contributed by atoms with van der Waals surface area (Å²) in [6, 6.07) is 0. The highest BCUT2D eigenvalue weighted by Crippen LogP contribution is 1.96. The van der Waals surface area contributed by atoms with E-state index in [1.165, 1.54) is 11.1 Å². The zero-order valence-electron chi connectivity index (χ0n) is 8.52. The Morgan fingerprint density at radius 1 is 1.33 bits per heavy atom. The van der Waals surface area contributed by atoms with Gasteiger partial charge in [0.05, 0.1) is 0 Å². The Hall–Kier alpha value is -1.00. The van der Waals surface area contributed by atoms with Gasteiger partial charge in [-0.05, 0) is 38.8 Å². The van der Waals surface area contributed by atoms with Crippen LogP contribution in [0.25, 0.3) is 0 Å². The zero-order valence-corrected chi connectivity index (χ0v) is 8.52. The fraction of sp³-hybridized carbons (Fsp3) is 0.417. The minimum absolute atomic E-state index is 1.08. The van der Waals surface area contributed by atoms with Crippen LogP contribution >= 0.6 is 0 Å². The fourth-order valence-corrected chi connectivity index (χ4v) is 0.589. The van der Waals surface area contributed by atoms with Crippen molar-refractivity contribution in [3.05, 3.63) is 41.2 Å². The fourth-order valence-electron chi connectivity index (χ4n) is 0.589. The molecule has 0 aromatic heterocycles. The maximum atomic E-state index is 3.19. The van der Waals surface area contributed by atoms with Gasteiger partial charge in [0.15, 0.2) is 0 Å². The van der Waals surface area contributed by atoms with Gasteiger partial charge in [-0.2, -0.15) is 0 Å². The lowest BCUT2D eigenvalue weighted by atomic mass is 10.2. The molecule has 0 heteroatoms. The summed E-state index contributed by atoms with van der Waals surface area (Å²) >= 11 is 0. The second kappa shape index (κ2) is 6.69. The molecular weight excluding hydrogens is 144 g/mol. The van der Waals surface area contributed by atoms with Gasteiger partial charge in [0, 0.05) is 0 Å². The number of hydrogen-bond donors (Lipinski definition) is 0. The lowest BCUT2D eigenvalue weighted by Gasteiger charge is -1.85. The Labute approximate surface area is 76.0 Å². The summed E-state index contributed by atoms with van der Waals surface area (Å²) in [5, 5.41) is 0. The normalized spacial score (nSPS) is 11.5. The lowest BCUT2D eigenvalue weighted by Crippen LogP contribution is -1.64. The van der Waals surface area contributed by atoms with Crippen LogP contribution in [0.1, 0.15) is 34.1 Å². The summed E-state index contributed by atoms with van der Waals surface area (Å²) in [6.45, 7) is 8.35. The molecule has 0 aliphatic heterocycles. The van der Waals surface area contributed by atoms with Crippen molar-refractivity contribution >= 4 is 0 Å². The van der Waals surface area contributed by atoms with Crippen LogP contribution in [0.4, 0.5) is 0 Å². The van der Waals surface area contributed by atoms with Crippen LogP contribution in [-0.2, 0) is 0 Å². The van der Waals surface area contributed by atoms with E-state index in [0.717, 1.165) is 6.42 Å². The van der Waals surface area contributed by atoms with Crippen molar-refractivity contribution in [3.8, 4) is 0 Å². The van der Waals surface area contributed by atoms with E-state index in [9.17, 15) is 0 Å². The first-order chi connectivity index (χ1) is 5.70. The van der Waals surface area contributed by atoms with Gasteiger partial charge in [-0.25, -0.2) is 0 Å². The second-order valence-electron chi connectivity index (χ2n) is 2.84.